The molecule has 0 heterocycles. The zero-order chi connectivity index (χ0) is 12.7. The molecule has 0 saturated heterocycles. The van der Waals surface area contributed by atoms with E-state index in [2.05, 4.69) is 31.1 Å². The molecule has 1 aliphatic rings. The molecule has 1 atom stereocenters. The van der Waals surface area contributed by atoms with Crippen molar-refractivity contribution in [2.75, 3.05) is 26.7 Å². The Morgan fingerprint density at radius 2 is 2.24 bits per heavy atom. The van der Waals surface area contributed by atoms with Gasteiger partial charge in [0.05, 0.1) is 13.2 Å². The maximum atomic E-state index is 11.3. The summed E-state index contributed by atoms with van der Waals surface area (Å²) in [7, 11) is 2.16. The molecule has 0 aliphatic heterocycles. The average Bonchev–Trinajstić information content (AvgIpc) is 3.12. The van der Waals surface area contributed by atoms with Crippen molar-refractivity contribution in [3.05, 3.63) is 0 Å². The third-order valence-electron chi connectivity index (χ3n) is 3.29. The Morgan fingerprint density at radius 1 is 1.53 bits per heavy atom. The van der Waals surface area contributed by atoms with Gasteiger partial charge in [0.2, 0.25) is 0 Å². The van der Waals surface area contributed by atoms with E-state index in [9.17, 15) is 4.79 Å². The maximum absolute atomic E-state index is 11.3. The number of ether oxygens (including phenoxy) is 1. The number of carbonyl (C=O) groups excluding carboxylic acids is 1. The Bertz CT molecular complexity index is 229. The van der Waals surface area contributed by atoms with Gasteiger partial charge in [-0.25, -0.2) is 0 Å². The van der Waals surface area contributed by atoms with Crippen LogP contribution in [0.3, 0.4) is 0 Å². The van der Waals surface area contributed by atoms with Crippen LogP contribution in [0.15, 0.2) is 0 Å². The fraction of sp³-hybridized carbons (Fsp3) is 0.923. The first kappa shape index (κ1) is 14.5. The first-order valence-corrected chi connectivity index (χ1v) is 6.73. The number of hydrogen-bond donors (Lipinski definition) is 1. The Hall–Kier alpha value is -0.610. The molecule has 17 heavy (non-hydrogen) atoms. The van der Waals surface area contributed by atoms with Crippen LogP contribution in [0.5, 0.6) is 0 Å². The lowest BCUT2D eigenvalue weighted by Gasteiger charge is -2.24. The molecule has 100 valence electrons. The molecule has 0 radical (unpaired) electrons. The summed E-state index contributed by atoms with van der Waals surface area (Å²) in [5.74, 6) is -0.139. The molecular formula is C13H26N2O2. The summed E-state index contributed by atoms with van der Waals surface area (Å²) >= 11 is 0. The predicted octanol–water partition coefficient (Wildman–Crippen LogP) is 1.40. The molecule has 1 saturated carbocycles. The van der Waals surface area contributed by atoms with Crippen LogP contribution in [0.2, 0.25) is 0 Å². The molecular weight excluding hydrogens is 216 g/mol. The van der Waals surface area contributed by atoms with Crippen molar-refractivity contribution < 1.29 is 9.53 Å². The quantitative estimate of drug-likeness (QED) is 0.490. The van der Waals surface area contributed by atoms with Gasteiger partial charge < -0.3 is 10.1 Å². The number of carbonyl (C=O) groups is 1. The van der Waals surface area contributed by atoms with Gasteiger partial charge in [0, 0.05) is 18.6 Å². The Morgan fingerprint density at radius 3 is 2.82 bits per heavy atom. The van der Waals surface area contributed by atoms with E-state index >= 15 is 0 Å². The van der Waals surface area contributed by atoms with Crippen LogP contribution in [-0.4, -0.2) is 49.7 Å². The molecule has 0 aromatic heterocycles. The van der Waals surface area contributed by atoms with E-state index in [1.165, 1.54) is 12.8 Å². The van der Waals surface area contributed by atoms with Crippen molar-refractivity contribution in [2.45, 2.75) is 51.6 Å². The van der Waals surface area contributed by atoms with Crippen LogP contribution in [0.4, 0.5) is 0 Å². The summed E-state index contributed by atoms with van der Waals surface area (Å²) in [5, 5.41) is 3.16. The molecule has 0 aromatic rings. The molecule has 1 aliphatic carbocycles. The number of rotatable bonds is 9. The van der Waals surface area contributed by atoms with Crippen LogP contribution >= 0.6 is 0 Å². The lowest BCUT2D eigenvalue weighted by atomic mass is 10.3. The smallest absolute Gasteiger partial charge is 0.319 e. The van der Waals surface area contributed by atoms with E-state index in [1.807, 2.05) is 0 Å². The minimum absolute atomic E-state index is 0.139. The van der Waals surface area contributed by atoms with E-state index in [4.69, 9.17) is 4.74 Å². The van der Waals surface area contributed by atoms with Gasteiger partial charge in [-0.3, -0.25) is 9.69 Å². The number of likely N-dealkylation sites (N-methyl/N-ethyl adjacent to an activating group) is 1. The van der Waals surface area contributed by atoms with Crippen LogP contribution in [-0.2, 0) is 9.53 Å². The molecule has 4 heteroatoms. The fourth-order valence-corrected chi connectivity index (χ4v) is 1.75. The Balaban J connectivity index is 2.00. The zero-order valence-electron chi connectivity index (χ0n) is 11.4. The SMILES string of the molecule is CCCCOC(=O)CNCC(C)N(C)C1CC1. The summed E-state index contributed by atoms with van der Waals surface area (Å²) in [4.78, 5) is 13.7. The minimum atomic E-state index is -0.139. The summed E-state index contributed by atoms with van der Waals surface area (Å²) in [6.45, 7) is 5.99. The fourth-order valence-electron chi connectivity index (χ4n) is 1.75. The van der Waals surface area contributed by atoms with Gasteiger partial charge in [-0.1, -0.05) is 13.3 Å². The first-order valence-electron chi connectivity index (χ1n) is 6.73. The zero-order valence-corrected chi connectivity index (χ0v) is 11.4. The van der Waals surface area contributed by atoms with Crippen molar-refractivity contribution in [1.29, 1.82) is 0 Å². The topological polar surface area (TPSA) is 41.6 Å². The molecule has 1 unspecified atom stereocenters. The highest BCUT2D eigenvalue weighted by Gasteiger charge is 2.28. The van der Waals surface area contributed by atoms with E-state index in [1.54, 1.807) is 0 Å². The van der Waals surface area contributed by atoms with Crippen molar-refractivity contribution in [3.8, 4) is 0 Å². The van der Waals surface area contributed by atoms with Gasteiger partial charge in [0.1, 0.15) is 0 Å². The van der Waals surface area contributed by atoms with Gasteiger partial charge in [-0.05, 0) is 33.2 Å². The third-order valence-corrected chi connectivity index (χ3v) is 3.29. The first-order chi connectivity index (χ1) is 8.15. The number of esters is 1. The van der Waals surface area contributed by atoms with E-state index in [-0.39, 0.29) is 5.97 Å². The molecule has 0 spiro atoms. The molecule has 4 nitrogen and oxygen atoms in total. The minimum Gasteiger partial charge on any atom is -0.465 e. The van der Waals surface area contributed by atoms with Gasteiger partial charge in [-0.2, -0.15) is 0 Å². The number of nitrogens with zero attached hydrogens (tertiary/aromatic N) is 1. The highest BCUT2D eigenvalue weighted by Crippen LogP contribution is 2.26. The van der Waals surface area contributed by atoms with E-state index < -0.39 is 0 Å². The highest BCUT2D eigenvalue weighted by molar-refractivity contribution is 5.71. The maximum Gasteiger partial charge on any atom is 0.319 e. The van der Waals surface area contributed by atoms with Crippen molar-refractivity contribution in [1.82, 2.24) is 10.2 Å². The van der Waals surface area contributed by atoms with Gasteiger partial charge in [0.15, 0.2) is 0 Å². The predicted molar refractivity (Wildman–Crippen MR) is 69.0 cm³/mol. The van der Waals surface area contributed by atoms with Gasteiger partial charge in [0.25, 0.3) is 0 Å². The molecule has 1 fully saturated rings. The average molecular weight is 242 g/mol. The number of hydrogen-bond acceptors (Lipinski definition) is 4. The Labute approximate surface area is 105 Å². The van der Waals surface area contributed by atoms with Crippen LogP contribution in [0.25, 0.3) is 0 Å². The van der Waals surface area contributed by atoms with Crippen molar-refractivity contribution >= 4 is 5.97 Å². The normalized spacial score (nSPS) is 17.2. The van der Waals surface area contributed by atoms with Crippen LogP contribution in [0.1, 0.15) is 39.5 Å². The second-order valence-electron chi connectivity index (χ2n) is 4.95. The van der Waals surface area contributed by atoms with Gasteiger partial charge >= 0.3 is 5.97 Å². The molecule has 1 N–H and O–H groups in total. The monoisotopic (exact) mass is 242 g/mol. The third kappa shape index (κ3) is 6.03. The molecule has 0 amide bonds. The largest absolute Gasteiger partial charge is 0.465 e. The van der Waals surface area contributed by atoms with Crippen LogP contribution < -0.4 is 5.32 Å². The standard InChI is InChI=1S/C13H26N2O2/c1-4-5-8-17-13(16)10-14-9-11(2)15(3)12-6-7-12/h11-12,14H,4-10H2,1-3H3. The lowest BCUT2D eigenvalue weighted by molar-refractivity contribution is -0.142. The van der Waals surface area contributed by atoms with Gasteiger partial charge in [-0.15, -0.1) is 0 Å². The van der Waals surface area contributed by atoms with Crippen molar-refractivity contribution in [2.24, 2.45) is 0 Å². The second kappa shape index (κ2) is 7.67. The van der Waals surface area contributed by atoms with Crippen molar-refractivity contribution in [3.63, 3.8) is 0 Å². The summed E-state index contributed by atoms with van der Waals surface area (Å²) < 4.78 is 5.07. The second-order valence-corrected chi connectivity index (χ2v) is 4.95. The molecule has 1 rings (SSSR count). The Kier molecular flexibility index (Phi) is 6.52. The highest BCUT2D eigenvalue weighted by atomic mass is 16.5. The summed E-state index contributed by atoms with van der Waals surface area (Å²) in [6, 6.07) is 1.24. The summed E-state index contributed by atoms with van der Waals surface area (Å²) in [5.41, 5.74) is 0. The van der Waals surface area contributed by atoms with E-state index in [0.29, 0.717) is 19.2 Å². The molecule has 0 aromatic carbocycles. The number of nitrogens with one attached hydrogen (secondary N) is 1. The lowest BCUT2D eigenvalue weighted by Crippen LogP contribution is -2.40. The van der Waals surface area contributed by atoms with E-state index in [0.717, 1.165) is 25.4 Å². The van der Waals surface area contributed by atoms with Crippen LogP contribution in [0, 0.1) is 0 Å². The molecule has 0 bridgehead atoms. The summed E-state index contributed by atoms with van der Waals surface area (Å²) in [6.07, 6.45) is 4.65. The number of unbranched alkanes of at least 4 members (excludes halogenated alkanes) is 1.